The van der Waals surface area contributed by atoms with Crippen molar-refractivity contribution < 1.29 is 4.74 Å². The quantitative estimate of drug-likeness (QED) is 0.792. The lowest BCUT2D eigenvalue weighted by molar-refractivity contribution is 0.162. The molecule has 2 heterocycles. The number of pyridine rings is 1. The second-order valence-corrected chi connectivity index (χ2v) is 6.64. The maximum Gasteiger partial charge on any atom is 0.119 e. The summed E-state index contributed by atoms with van der Waals surface area (Å²) in [6.07, 6.45) is 5.58. The third kappa shape index (κ3) is 6.27. The second-order valence-electron chi connectivity index (χ2n) is 6.64. The fourth-order valence-corrected chi connectivity index (χ4v) is 3.47. The molecule has 26 heavy (non-hydrogen) atoms. The Morgan fingerprint density at radius 1 is 1.08 bits per heavy atom. The van der Waals surface area contributed by atoms with Crippen molar-refractivity contribution >= 4 is 12.4 Å². The summed E-state index contributed by atoms with van der Waals surface area (Å²) < 4.78 is 5.56. The Balaban J connectivity index is 0.00000243. The number of rotatable bonds is 7. The van der Waals surface area contributed by atoms with Gasteiger partial charge in [-0.15, -0.1) is 12.4 Å². The molecule has 1 saturated heterocycles. The molecule has 0 bridgehead atoms. The van der Waals surface area contributed by atoms with E-state index in [1.54, 1.807) is 0 Å². The monoisotopic (exact) mass is 375 g/mol. The Hall–Kier alpha value is -1.62. The summed E-state index contributed by atoms with van der Waals surface area (Å²) >= 11 is 0. The summed E-state index contributed by atoms with van der Waals surface area (Å²) in [6, 6.07) is 15.3. The van der Waals surface area contributed by atoms with Crippen LogP contribution in [0, 0.1) is 0 Å². The minimum Gasteiger partial charge on any atom is -0.494 e. The Morgan fingerprint density at radius 3 is 2.65 bits per heavy atom. The van der Waals surface area contributed by atoms with E-state index in [0.717, 1.165) is 37.6 Å². The average molecular weight is 376 g/mol. The molecular weight excluding hydrogens is 346 g/mol. The van der Waals surface area contributed by atoms with Crippen molar-refractivity contribution in [2.45, 2.75) is 45.3 Å². The van der Waals surface area contributed by atoms with Gasteiger partial charge in [0.2, 0.25) is 0 Å². The first-order chi connectivity index (χ1) is 12.3. The molecule has 0 aliphatic carbocycles. The normalized spacial score (nSPS) is 17.4. The topological polar surface area (TPSA) is 37.4 Å². The van der Waals surface area contributed by atoms with E-state index in [2.05, 4.69) is 51.6 Å². The van der Waals surface area contributed by atoms with Crippen molar-refractivity contribution in [2.24, 2.45) is 0 Å². The van der Waals surface area contributed by atoms with E-state index in [9.17, 15) is 0 Å². The molecule has 0 amide bonds. The first-order valence-corrected chi connectivity index (χ1v) is 9.41. The number of hydrogen-bond donors (Lipinski definition) is 1. The molecular formula is C21H30ClN3O. The van der Waals surface area contributed by atoms with Crippen LogP contribution in [0.5, 0.6) is 5.75 Å². The molecule has 2 aromatic rings. The summed E-state index contributed by atoms with van der Waals surface area (Å²) in [5.41, 5.74) is 2.47. The standard InChI is InChI=1S/C21H29N3O.ClH/c1-2-25-21-10-8-18(9-11-21)16-24(17-19-6-3-4-14-23-19)20-7-5-13-22-15-12-20;/h3-4,6,8-11,14,20,22H,2,5,7,12-13,15-17H2,1H3;1H. The maximum atomic E-state index is 5.56. The van der Waals surface area contributed by atoms with Gasteiger partial charge in [-0.1, -0.05) is 18.2 Å². The third-order valence-electron chi connectivity index (χ3n) is 4.77. The second kappa shape index (κ2) is 11.2. The van der Waals surface area contributed by atoms with E-state index >= 15 is 0 Å². The van der Waals surface area contributed by atoms with Crippen LogP contribution in [0.15, 0.2) is 48.7 Å². The third-order valence-corrected chi connectivity index (χ3v) is 4.77. The van der Waals surface area contributed by atoms with Crippen molar-refractivity contribution in [2.75, 3.05) is 19.7 Å². The van der Waals surface area contributed by atoms with E-state index < -0.39 is 0 Å². The number of aromatic nitrogens is 1. The van der Waals surface area contributed by atoms with Crippen molar-refractivity contribution in [3.8, 4) is 5.75 Å². The number of nitrogens with zero attached hydrogens (tertiary/aromatic N) is 2. The van der Waals surface area contributed by atoms with E-state index in [4.69, 9.17) is 4.74 Å². The zero-order valence-electron chi connectivity index (χ0n) is 15.6. The molecule has 142 valence electrons. The van der Waals surface area contributed by atoms with E-state index in [1.807, 2.05) is 19.2 Å². The Morgan fingerprint density at radius 2 is 1.92 bits per heavy atom. The van der Waals surface area contributed by atoms with Gasteiger partial charge >= 0.3 is 0 Å². The Bertz CT molecular complexity index is 613. The van der Waals surface area contributed by atoms with Crippen LogP contribution in [-0.4, -0.2) is 35.6 Å². The van der Waals surface area contributed by atoms with Crippen molar-refractivity contribution in [3.63, 3.8) is 0 Å². The molecule has 1 aliphatic heterocycles. The number of hydrogen-bond acceptors (Lipinski definition) is 4. The Kier molecular flexibility index (Phi) is 8.89. The zero-order chi connectivity index (χ0) is 17.3. The summed E-state index contributed by atoms with van der Waals surface area (Å²) in [6.45, 7) is 6.82. The zero-order valence-corrected chi connectivity index (χ0v) is 16.4. The minimum atomic E-state index is 0. The molecule has 0 radical (unpaired) electrons. The van der Waals surface area contributed by atoms with Crippen LogP contribution >= 0.6 is 12.4 Å². The molecule has 1 aliphatic rings. The van der Waals surface area contributed by atoms with Crippen LogP contribution in [0.25, 0.3) is 0 Å². The predicted octanol–water partition coefficient (Wildman–Crippen LogP) is 4.05. The van der Waals surface area contributed by atoms with Gasteiger partial charge in [0, 0.05) is 25.3 Å². The molecule has 1 N–H and O–H groups in total. The van der Waals surface area contributed by atoms with Crippen LogP contribution in [0.4, 0.5) is 0 Å². The first-order valence-electron chi connectivity index (χ1n) is 9.41. The summed E-state index contributed by atoms with van der Waals surface area (Å²) in [5, 5.41) is 3.52. The van der Waals surface area contributed by atoms with Gasteiger partial charge in [-0.25, -0.2) is 0 Å². The van der Waals surface area contributed by atoms with Gasteiger partial charge in [0.1, 0.15) is 5.75 Å². The molecule has 5 heteroatoms. The van der Waals surface area contributed by atoms with E-state index in [-0.39, 0.29) is 12.4 Å². The number of nitrogens with one attached hydrogen (secondary N) is 1. The van der Waals surface area contributed by atoms with Crippen LogP contribution in [0.3, 0.4) is 0 Å². The molecule has 4 nitrogen and oxygen atoms in total. The predicted molar refractivity (Wildman–Crippen MR) is 109 cm³/mol. The van der Waals surface area contributed by atoms with Crippen molar-refractivity contribution in [3.05, 3.63) is 59.9 Å². The van der Waals surface area contributed by atoms with E-state index in [0.29, 0.717) is 12.6 Å². The molecule has 1 atom stereocenters. The lowest BCUT2D eigenvalue weighted by Gasteiger charge is -2.31. The highest BCUT2D eigenvalue weighted by molar-refractivity contribution is 5.85. The largest absolute Gasteiger partial charge is 0.494 e. The lowest BCUT2D eigenvalue weighted by Crippen LogP contribution is -2.35. The van der Waals surface area contributed by atoms with Gasteiger partial charge in [-0.2, -0.15) is 0 Å². The molecule has 1 fully saturated rings. The van der Waals surface area contributed by atoms with Crippen molar-refractivity contribution in [1.82, 2.24) is 15.2 Å². The minimum absolute atomic E-state index is 0. The highest BCUT2D eigenvalue weighted by Gasteiger charge is 2.21. The fraction of sp³-hybridized carbons (Fsp3) is 0.476. The van der Waals surface area contributed by atoms with Gasteiger partial charge in [0.15, 0.2) is 0 Å². The van der Waals surface area contributed by atoms with Crippen LogP contribution in [0.2, 0.25) is 0 Å². The van der Waals surface area contributed by atoms with E-state index in [1.165, 1.54) is 24.8 Å². The number of halogens is 1. The number of benzene rings is 1. The first kappa shape index (κ1) is 20.7. The summed E-state index contributed by atoms with van der Waals surface area (Å²) in [5.74, 6) is 0.946. The van der Waals surface area contributed by atoms with Gasteiger partial charge in [0.25, 0.3) is 0 Å². The van der Waals surface area contributed by atoms with Crippen molar-refractivity contribution in [1.29, 1.82) is 0 Å². The van der Waals surface area contributed by atoms with Crippen LogP contribution < -0.4 is 10.1 Å². The molecule has 0 saturated carbocycles. The molecule has 1 aromatic heterocycles. The maximum absolute atomic E-state index is 5.56. The summed E-state index contributed by atoms with van der Waals surface area (Å²) in [4.78, 5) is 7.13. The van der Waals surface area contributed by atoms with Gasteiger partial charge in [0.05, 0.1) is 12.3 Å². The highest BCUT2D eigenvalue weighted by atomic mass is 35.5. The SMILES string of the molecule is CCOc1ccc(CN(Cc2ccccn2)C2CCCNCC2)cc1.Cl. The molecule has 0 spiro atoms. The average Bonchev–Trinajstić information content (AvgIpc) is 2.93. The highest BCUT2D eigenvalue weighted by Crippen LogP contribution is 2.20. The van der Waals surface area contributed by atoms with Gasteiger partial charge < -0.3 is 10.1 Å². The lowest BCUT2D eigenvalue weighted by atomic mass is 10.1. The fourth-order valence-electron chi connectivity index (χ4n) is 3.47. The molecule has 3 rings (SSSR count). The molecule has 1 unspecified atom stereocenters. The number of ether oxygens (including phenoxy) is 1. The van der Waals surface area contributed by atoms with Crippen LogP contribution in [0.1, 0.15) is 37.4 Å². The smallest absolute Gasteiger partial charge is 0.119 e. The van der Waals surface area contributed by atoms with Gasteiger partial charge in [-0.05, 0) is 69.1 Å². The molecule has 1 aromatic carbocycles. The van der Waals surface area contributed by atoms with Crippen LogP contribution in [-0.2, 0) is 13.1 Å². The summed E-state index contributed by atoms with van der Waals surface area (Å²) in [7, 11) is 0. The Labute approximate surface area is 163 Å². The van der Waals surface area contributed by atoms with Gasteiger partial charge in [-0.3, -0.25) is 9.88 Å².